The quantitative estimate of drug-likeness (QED) is 0.477. The Bertz CT molecular complexity index is 338. The van der Waals surface area contributed by atoms with Crippen LogP contribution < -0.4 is 0 Å². The van der Waals surface area contributed by atoms with E-state index in [1.807, 2.05) is 0 Å². The van der Waals surface area contributed by atoms with Crippen LogP contribution in [0.1, 0.15) is 52.9 Å². The Kier molecular flexibility index (Phi) is 2.53. The Labute approximate surface area is 104 Å². The van der Waals surface area contributed by atoms with Crippen LogP contribution in [0.2, 0.25) is 0 Å². The molecule has 0 N–H and O–H groups in total. The van der Waals surface area contributed by atoms with Crippen molar-refractivity contribution in [3.05, 3.63) is 0 Å². The molecule has 2 heteroatoms. The number of ether oxygens (including phenoxy) is 1. The number of hydrogen-bond donors (Lipinski definition) is 0. The van der Waals surface area contributed by atoms with Crippen LogP contribution in [0.4, 0.5) is 0 Å². The zero-order chi connectivity index (χ0) is 12.2. The van der Waals surface area contributed by atoms with Crippen molar-refractivity contribution in [1.82, 2.24) is 0 Å². The SMILES string of the molecule is C[C@@H]1CC[C@H]2[C@@H](C)C(=O)O[C@@]23CC([13CH3])CC[C@@H]13. The van der Waals surface area contributed by atoms with Gasteiger partial charge in [-0.25, -0.2) is 0 Å². The van der Waals surface area contributed by atoms with E-state index in [1.165, 1.54) is 25.7 Å². The Balaban J connectivity index is 1.99. The molecule has 1 unspecified atom stereocenters. The topological polar surface area (TPSA) is 26.3 Å². The summed E-state index contributed by atoms with van der Waals surface area (Å²) in [6.07, 6.45) is 6.17. The van der Waals surface area contributed by atoms with Crippen LogP contribution in [0.3, 0.4) is 0 Å². The molecule has 96 valence electrons. The molecular formula is C15H24O2. The van der Waals surface area contributed by atoms with Crippen LogP contribution >= 0.6 is 0 Å². The van der Waals surface area contributed by atoms with E-state index < -0.39 is 0 Å². The molecule has 3 fully saturated rings. The van der Waals surface area contributed by atoms with Crippen molar-refractivity contribution in [2.75, 3.05) is 0 Å². The molecule has 0 aromatic rings. The van der Waals surface area contributed by atoms with Crippen molar-refractivity contribution in [1.29, 1.82) is 0 Å². The summed E-state index contributed by atoms with van der Waals surface area (Å²) < 4.78 is 5.97. The van der Waals surface area contributed by atoms with Gasteiger partial charge >= 0.3 is 5.97 Å². The monoisotopic (exact) mass is 237 g/mol. The second-order valence-electron chi connectivity index (χ2n) is 6.82. The number of carbonyl (C=O) groups excluding carboxylic acids is 1. The number of rotatable bonds is 0. The summed E-state index contributed by atoms with van der Waals surface area (Å²) in [7, 11) is 0. The lowest BCUT2D eigenvalue weighted by Gasteiger charge is -2.52. The first-order valence-corrected chi connectivity index (χ1v) is 7.27. The minimum absolute atomic E-state index is 0.0724. The summed E-state index contributed by atoms with van der Waals surface area (Å²) in [6.45, 7) is 6.75. The van der Waals surface area contributed by atoms with Crippen molar-refractivity contribution in [3.8, 4) is 0 Å². The highest BCUT2D eigenvalue weighted by Gasteiger charge is 2.61. The van der Waals surface area contributed by atoms with E-state index in [9.17, 15) is 4.79 Å². The van der Waals surface area contributed by atoms with Crippen molar-refractivity contribution in [2.24, 2.45) is 29.6 Å². The summed E-state index contributed by atoms with van der Waals surface area (Å²) >= 11 is 0. The highest BCUT2D eigenvalue weighted by atomic mass is 16.6. The summed E-state index contributed by atoms with van der Waals surface area (Å²) in [6, 6.07) is 0. The fourth-order valence-electron chi connectivity index (χ4n) is 4.90. The molecule has 0 amide bonds. The minimum atomic E-state index is -0.0775. The molecule has 0 bridgehead atoms. The van der Waals surface area contributed by atoms with E-state index >= 15 is 0 Å². The molecule has 3 rings (SSSR count). The first-order valence-electron chi connectivity index (χ1n) is 7.27. The highest BCUT2D eigenvalue weighted by Crippen LogP contribution is 2.58. The first-order chi connectivity index (χ1) is 8.04. The third-order valence-electron chi connectivity index (χ3n) is 5.78. The molecule has 0 aromatic carbocycles. The normalized spacial score (nSPS) is 53.8. The zero-order valence-electron chi connectivity index (χ0n) is 11.2. The maximum atomic E-state index is 12.0. The highest BCUT2D eigenvalue weighted by molar-refractivity contribution is 5.75. The van der Waals surface area contributed by atoms with E-state index in [4.69, 9.17) is 4.74 Å². The van der Waals surface area contributed by atoms with Gasteiger partial charge in [-0.2, -0.15) is 0 Å². The molecule has 1 spiro atoms. The van der Waals surface area contributed by atoms with Crippen molar-refractivity contribution in [2.45, 2.75) is 58.5 Å². The Morgan fingerprint density at radius 3 is 2.53 bits per heavy atom. The maximum absolute atomic E-state index is 12.0. The van der Waals surface area contributed by atoms with Crippen LogP contribution in [0.5, 0.6) is 0 Å². The van der Waals surface area contributed by atoms with E-state index in [0.29, 0.717) is 11.8 Å². The largest absolute Gasteiger partial charge is 0.458 e. The van der Waals surface area contributed by atoms with Crippen LogP contribution in [0.15, 0.2) is 0 Å². The first kappa shape index (κ1) is 11.6. The number of esters is 1. The third kappa shape index (κ3) is 1.49. The molecule has 0 radical (unpaired) electrons. The van der Waals surface area contributed by atoms with Gasteiger partial charge in [-0.15, -0.1) is 0 Å². The molecule has 17 heavy (non-hydrogen) atoms. The van der Waals surface area contributed by atoms with Gasteiger partial charge in [0.2, 0.25) is 0 Å². The summed E-state index contributed by atoms with van der Waals surface area (Å²) in [4.78, 5) is 12.0. The van der Waals surface area contributed by atoms with Gasteiger partial charge in [-0.3, -0.25) is 4.79 Å². The lowest BCUT2D eigenvalue weighted by molar-refractivity contribution is -0.171. The maximum Gasteiger partial charge on any atom is 0.309 e. The molecule has 3 aliphatic rings. The predicted octanol–water partition coefficient (Wildman–Crippen LogP) is 3.40. The van der Waals surface area contributed by atoms with Gasteiger partial charge in [0, 0.05) is 11.8 Å². The molecule has 1 saturated heterocycles. The van der Waals surface area contributed by atoms with Gasteiger partial charge < -0.3 is 4.74 Å². The second kappa shape index (κ2) is 3.73. The minimum Gasteiger partial charge on any atom is -0.458 e. The van der Waals surface area contributed by atoms with Gasteiger partial charge in [0.05, 0.1) is 5.92 Å². The summed E-state index contributed by atoms with van der Waals surface area (Å²) in [5, 5.41) is 0. The van der Waals surface area contributed by atoms with Gasteiger partial charge in [0.25, 0.3) is 0 Å². The average Bonchev–Trinajstić information content (AvgIpc) is 2.50. The lowest BCUT2D eigenvalue weighted by Crippen LogP contribution is -2.53. The lowest BCUT2D eigenvalue weighted by atomic mass is 9.56. The third-order valence-corrected chi connectivity index (χ3v) is 5.78. The van der Waals surface area contributed by atoms with Crippen molar-refractivity contribution < 1.29 is 9.53 Å². The molecule has 0 aromatic heterocycles. The molecule has 2 saturated carbocycles. The van der Waals surface area contributed by atoms with E-state index in [0.717, 1.165) is 18.3 Å². The van der Waals surface area contributed by atoms with E-state index in [1.54, 1.807) is 0 Å². The van der Waals surface area contributed by atoms with Crippen LogP contribution in [-0.2, 0) is 9.53 Å². The van der Waals surface area contributed by atoms with Crippen molar-refractivity contribution >= 4 is 5.97 Å². The standard InChI is InChI=1S/C15H24O2/c1-9-4-6-12-10(2)5-7-13-11(3)14(16)17-15(12,13)8-9/h9-13H,4-8H2,1-3H3/t9?,10-,11-,12+,13+,15-/m1/s1/i1+1. The average molecular weight is 237 g/mol. The zero-order valence-corrected chi connectivity index (χ0v) is 11.2. The van der Waals surface area contributed by atoms with Gasteiger partial charge in [0.1, 0.15) is 5.60 Å². The van der Waals surface area contributed by atoms with E-state index in [2.05, 4.69) is 20.8 Å². The molecule has 6 atom stereocenters. The molecule has 2 nitrogen and oxygen atoms in total. The fourth-order valence-corrected chi connectivity index (χ4v) is 4.90. The Morgan fingerprint density at radius 1 is 1.06 bits per heavy atom. The summed E-state index contributed by atoms with van der Waals surface area (Å²) in [5.41, 5.74) is -0.0775. The number of carbonyl (C=O) groups is 1. The Hall–Kier alpha value is -0.530. The molecular weight excluding hydrogens is 213 g/mol. The van der Waals surface area contributed by atoms with Gasteiger partial charge in [-0.1, -0.05) is 27.2 Å². The molecule has 1 heterocycles. The van der Waals surface area contributed by atoms with Gasteiger partial charge in [-0.05, 0) is 37.5 Å². The predicted molar refractivity (Wildman–Crippen MR) is 66.4 cm³/mol. The van der Waals surface area contributed by atoms with Crippen molar-refractivity contribution in [3.63, 3.8) is 0 Å². The smallest absolute Gasteiger partial charge is 0.309 e. The fraction of sp³-hybridized carbons (Fsp3) is 0.933. The van der Waals surface area contributed by atoms with E-state index in [-0.39, 0.29) is 17.5 Å². The van der Waals surface area contributed by atoms with Crippen LogP contribution in [-0.4, -0.2) is 11.6 Å². The molecule has 2 aliphatic carbocycles. The van der Waals surface area contributed by atoms with Gasteiger partial charge in [0.15, 0.2) is 0 Å². The Morgan fingerprint density at radius 2 is 1.76 bits per heavy atom. The summed E-state index contributed by atoms with van der Waals surface area (Å²) in [5.74, 6) is 2.79. The van der Waals surface area contributed by atoms with Crippen LogP contribution in [0, 0.1) is 29.6 Å². The molecule has 1 aliphatic heterocycles. The van der Waals surface area contributed by atoms with Crippen LogP contribution in [0.25, 0.3) is 0 Å². The second-order valence-corrected chi connectivity index (χ2v) is 6.82. The number of hydrogen-bond acceptors (Lipinski definition) is 2.